The lowest BCUT2D eigenvalue weighted by Crippen LogP contribution is -2.34. The summed E-state index contributed by atoms with van der Waals surface area (Å²) in [5.74, 6) is -2.54. The number of carbonyl (C=O) groups excluding carboxylic acids is 3. The zero-order valence-corrected chi connectivity index (χ0v) is 14.8. The second-order valence-electron chi connectivity index (χ2n) is 5.34. The molecule has 0 saturated heterocycles. The first-order valence-corrected chi connectivity index (χ1v) is 8.05. The first kappa shape index (κ1) is 21.3. The minimum Gasteiger partial charge on any atom is -0.481 e. The fraction of sp³-hybridized carbons (Fsp3) is 0.158. The van der Waals surface area contributed by atoms with Crippen LogP contribution in [0, 0.1) is 11.3 Å². The van der Waals surface area contributed by atoms with Gasteiger partial charge in [-0.25, -0.2) is 4.79 Å². The van der Waals surface area contributed by atoms with Gasteiger partial charge in [-0.2, -0.15) is 14.0 Å². The van der Waals surface area contributed by atoms with E-state index in [4.69, 9.17) is 10.00 Å². The molecule has 2 aromatic rings. The Morgan fingerprint density at radius 2 is 1.72 bits per heavy atom. The average molecular weight is 404 g/mol. The molecule has 8 nitrogen and oxygen atoms in total. The number of carbonyl (C=O) groups is 3. The molecule has 0 aliphatic rings. The number of imide groups is 1. The molecule has 0 heterocycles. The van der Waals surface area contributed by atoms with Crippen molar-refractivity contribution in [1.29, 1.82) is 5.26 Å². The number of nitrogens with one attached hydrogen (secondary N) is 1. The lowest BCUT2D eigenvalue weighted by atomic mass is 10.2. The monoisotopic (exact) mass is 404 g/mol. The lowest BCUT2D eigenvalue weighted by Gasteiger charge is -2.08. The van der Waals surface area contributed by atoms with Crippen molar-refractivity contribution in [2.75, 3.05) is 13.2 Å². The Kier molecular flexibility index (Phi) is 7.61. The van der Waals surface area contributed by atoms with Crippen molar-refractivity contribution in [3.8, 4) is 17.6 Å². The Balaban J connectivity index is 1.76. The van der Waals surface area contributed by atoms with E-state index in [-0.39, 0.29) is 22.6 Å². The highest BCUT2D eigenvalue weighted by atomic mass is 19.3. The van der Waals surface area contributed by atoms with Gasteiger partial charge in [-0.15, -0.1) is 0 Å². The van der Waals surface area contributed by atoms with Gasteiger partial charge in [0.05, 0.1) is 5.56 Å². The molecular weight excluding hydrogens is 390 g/mol. The Morgan fingerprint density at radius 1 is 1.03 bits per heavy atom. The first-order chi connectivity index (χ1) is 13.9. The van der Waals surface area contributed by atoms with Gasteiger partial charge in [0.25, 0.3) is 11.8 Å². The van der Waals surface area contributed by atoms with Crippen molar-refractivity contribution in [3.63, 3.8) is 0 Å². The molecule has 0 spiro atoms. The maximum absolute atomic E-state index is 12.1. The highest BCUT2D eigenvalue weighted by Gasteiger charge is 2.14. The molecule has 0 bridgehead atoms. The molecule has 2 aromatic carbocycles. The van der Waals surface area contributed by atoms with Gasteiger partial charge in [0.15, 0.2) is 13.2 Å². The molecule has 29 heavy (non-hydrogen) atoms. The van der Waals surface area contributed by atoms with E-state index in [9.17, 15) is 23.2 Å². The first-order valence-electron chi connectivity index (χ1n) is 8.05. The number of alkyl halides is 2. The van der Waals surface area contributed by atoms with Crippen molar-refractivity contribution in [2.24, 2.45) is 0 Å². The molecule has 0 atom stereocenters. The average Bonchev–Trinajstić information content (AvgIpc) is 2.71. The van der Waals surface area contributed by atoms with Crippen LogP contribution in [0.4, 0.5) is 8.78 Å². The number of halogens is 2. The van der Waals surface area contributed by atoms with E-state index in [1.807, 2.05) is 11.4 Å². The van der Waals surface area contributed by atoms with Crippen molar-refractivity contribution < 1.29 is 37.4 Å². The third kappa shape index (κ3) is 6.91. The molecule has 0 fully saturated rings. The van der Waals surface area contributed by atoms with Gasteiger partial charge in [0.1, 0.15) is 17.6 Å². The fourth-order valence-electron chi connectivity index (χ4n) is 2.03. The number of benzene rings is 2. The summed E-state index contributed by atoms with van der Waals surface area (Å²) >= 11 is 0. The maximum Gasteiger partial charge on any atom is 0.387 e. The summed E-state index contributed by atoms with van der Waals surface area (Å²) in [4.78, 5) is 35.2. The van der Waals surface area contributed by atoms with Gasteiger partial charge in [0, 0.05) is 5.56 Å². The number of ether oxygens (including phenoxy) is 3. The minimum absolute atomic E-state index is 0.0164. The van der Waals surface area contributed by atoms with Crippen LogP contribution in [0.15, 0.2) is 48.5 Å². The summed E-state index contributed by atoms with van der Waals surface area (Å²) in [5.41, 5.74) is 0.247. The summed E-state index contributed by atoms with van der Waals surface area (Å²) in [6.45, 7) is -4.27. The van der Waals surface area contributed by atoms with Crippen molar-refractivity contribution in [1.82, 2.24) is 5.32 Å². The Labute approximate surface area is 163 Å². The molecule has 2 rings (SSSR count). The zero-order valence-electron chi connectivity index (χ0n) is 14.8. The summed E-state index contributed by atoms with van der Waals surface area (Å²) in [6, 6.07) is 12.8. The smallest absolute Gasteiger partial charge is 0.387 e. The van der Waals surface area contributed by atoms with Crippen LogP contribution in [0.2, 0.25) is 0 Å². The van der Waals surface area contributed by atoms with E-state index in [0.29, 0.717) is 0 Å². The van der Waals surface area contributed by atoms with Crippen molar-refractivity contribution in [2.45, 2.75) is 6.61 Å². The van der Waals surface area contributed by atoms with Crippen LogP contribution in [-0.4, -0.2) is 37.6 Å². The third-order valence-corrected chi connectivity index (χ3v) is 3.31. The van der Waals surface area contributed by atoms with Crippen LogP contribution < -0.4 is 14.8 Å². The molecule has 0 unspecified atom stereocenters. The van der Waals surface area contributed by atoms with Crippen molar-refractivity contribution >= 4 is 17.8 Å². The SMILES string of the molecule is N#Cc1ccccc1OCC(=O)OCC(=O)NC(=O)c1ccc(OC(F)F)cc1. The number of para-hydroxylation sites is 1. The van der Waals surface area contributed by atoms with Crippen LogP contribution in [0.25, 0.3) is 0 Å². The van der Waals surface area contributed by atoms with Crippen molar-refractivity contribution in [3.05, 3.63) is 59.7 Å². The van der Waals surface area contributed by atoms with Crippen LogP contribution in [0.3, 0.4) is 0 Å². The molecule has 0 aromatic heterocycles. The Hall–Kier alpha value is -4.00. The quantitative estimate of drug-likeness (QED) is 0.670. The van der Waals surface area contributed by atoms with Crippen LogP contribution in [0.5, 0.6) is 11.5 Å². The number of hydrogen-bond donors (Lipinski definition) is 1. The van der Waals surface area contributed by atoms with E-state index in [1.54, 1.807) is 12.1 Å². The largest absolute Gasteiger partial charge is 0.481 e. The number of amides is 2. The molecule has 10 heteroatoms. The van der Waals surface area contributed by atoms with E-state index in [1.165, 1.54) is 24.3 Å². The van der Waals surface area contributed by atoms with Gasteiger partial charge >= 0.3 is 12.6 Å². The third-order valence-electron chi connectivity index (χ3n) is 3.31. The summed E-state index contributed by atoms with van der Waals surface area (Å²) < 4.78 is 38.1. The standard InChI is InChI=1S/C19H14F2N2O6/c20-19(21)29-14-7-5-12(6-8-14)18(26)23-16(24)10-28-17(25)11-27-15-4-2-1-3-13(15)9-22/h1-8,19H,10-11H2,(H,23,24,26). The normalized spacial score (nSPS) is 10.0. The maximum atomic E-state index is 12.1. The molecule has 0 saturated carbocycles. The van der Waals surface area contributed by atoms with Gasteiger partial charge < -0.3 is 14.2 Å². The Morgan fingerprint density at radius 3 is 2.38 bits per heavy atom. The molecule has 0 aliphatic carbocycles. The van der Waals surface area contributed by atoms with Gasteiger partial charge in [-0.1, -0.05) is 12.1 Å². The number of hydrogen-bond acceptors (Lipinski definition) is 7. The van der Waals surface area contributed by atoms with E-state index in [2.05, 4.69) is 9.47 Å². The summed E-state index contributed by atoms with van der Waals surface area (Å²) in [7, 11) is 0. The van der Waals surface area contributed by atoms with E-state index < -0.39 is 37.6 Å². The highest BCUT2D eigenvalue weighted by molar-refractivity contribution is 6.05. The highest BCUT2D eigenvalue weighted by Crippen LogP contribution is 2.16. The minimum atomic E-state index is -3.00. The van der Waals surface area contributed by atoms with Gasteiger partial charge in [0.2, 0.25) is 0 Å². The second kappa shape index (κ2) is 10.4. The molecule has 0 aliphatic heterocycles. The van der Waals surface area contributed by atoms with Crippen LogP contribution >= 0.6 is 0 Å². The Bertz CT molecular complexity index is 925. The van der Waals surface area contributed by atoms with Crippen LogP contribution in [-0.2, 0) is 14.3 Å². The predicted octanol–water partition coefficient (Wildman–Crippen LogP) is 2.04. The molecule has 2 amide bonds. The van der Waals surface area contributed by atoms with E-state index in [0.717, 1.165) is 12.1 Å². The molecule has 1 N–H and O–H groups in total. The summed E-state index contributed by atoms with van der Waals surface area (Å²) in [5, 5.41) is 10.9. The summed E-state index contributed by atoms with van der Waals surface area (Å²) in [6.07, 6.45) is 0. The molecule has 0 radical (unpaired) electrons. The molecular formula is C19H14F2N2O6. The fourth-order valence-corrected chi connectivity index (χ4v) is 2.03. The zero-order chi connectivity index (χ0) is 21.2. The number of esters is 1. The lowest BCUT2D eigenvalue weighted by molar-refractivity contribution is -0.150. The predicted molar refractivity (Wildman–Crippen MR) is 93.2 cm³/mol. The number of nitriles is 1. The van der Waals surface area contributed by atoms with Gasteiger partial charge in [-0.3, -0.25) is 14.9 Å². The molecule has 150 valence electrons. The van der Waals surface area contributed by atoms with Gasteiger partial charge in [-0.05, 0) is 36.4 Å². The van der Waals surface area contributed by atoms with Crippen LogP contribution in [0.1, 0.15) is 15.9 Å². The van der Waals surface area contributed by atoms with E-state index >= 15 is 0 Å². The number of nitrogens with zero attached hydrogens (tertiary/aromatic N) is 1. The number of rotatable bonds is 8. The second-order valence-corrected chi connectivity index (χ2v) is 5.34. The topological polar surface area (TPSA) is 115 Å².